The summed E-state index contributed by atoms with van der Waals surface area (Å²) in [6.45, 7) is 6.43. The van der Waals surface area contributed by atoms with Gasteiger partial charge in [-0.3, -0.25) is 0 Å². The van der Waals surface area contributed by atoms with Crippen molar-refractivity contribution in [1.82, 2.24) is 0 Å². The van der Waals surface area contributed by atoms with Gasteiger partial charge in [0.15, 0.2) is 13.9 Å². The summed E-state index contributed by atoms with van der Waals surface area (Å²) in [4.78, 5) is 0. The van der Waals surface area contributed by atoms with Crippen LogP contribution in [0.1, 0.15) is 24.0 Å². The van der Waals surface area contributed by atoms with E-state index in [-0.39, 0.29) is 0 Å². The van der Waals surface area contributed by atoms with Crippen molar-refractivity contribution >= 4 is 8.32 Å². The Hall–Kier alpha value is -1.11. The summed E-state index contributed by atoms with van der Waals surface area (Å²) in [6, 6.07) is 10.7. The fourth-order valence-electron chi connectivity index (χ4n) is 2.56. The minimum atomic E-state index is -1.73. The summed E-state index contributed by atoms with van der Waals surface area (Å²) in [6.07, 6.45) is 2.93. The number of hydrogen-bond donors (Lipinski definition) is 0. The molecule has 2 rings (SSSR count). The first kappa shape index (κ1) is 12.3. The first-order valence-corrected chi connectivity index (χ1v) is 9.57. The molecule has 1 aromatic carbocycles. The van der Waals surface area contributed by atoms with Crippen molar-refractivity contribution in [2.45, 2.75) is 44.5 Å². The fourth-order valence-corrected chi connectivity index (χ4v) is 3.87. The molecule has 17 heavy (non-hydrogen) atoms. The van der Waals surface area contributed by atoms with Gasteiger partial charge in [0.2, 0.25) is 0 Å². The van der Waals surface area contributed by atoms with Gasteiger partial charge < -0.3 is 4.43 Å². The molecular formula is C14H19NOSi. The molecule has 0 heterocycles. The molecule has 0 fully saturated rings. The second-order valence-corrected chi connectivity index (χ2v) is 10.1. The van der Waals surface area contributed by atoms with Gasteiger partial charge >= 0.3 is 0 Å². The molecule has 2 nitrogen and oxygen atoms in total. The minimum absolute atomic E-state index is 0.695. The number of nitrogens with zero attached hydrogens (tertiary/aromatic N) is 1. The lowest BCUT2D eigenvalue weighted by Gasteiger charge is -2.38. The Balaban J connectivity index is 2.47. The molecule has 0 N–H and O–H groups in total. The van der Waals surface area contributed by atoms with Gasteiger partial charge in [0.25, 0.3) is 0 Å². The zero-order valence-electron chi connectivity index (χ0n) is 10.8. The zero-order chi connectivity index (χ0) is 12.5. The van der Waals surface area contributed by atoms with Gasteiger partial charge in [-0.2, -0.15) is 5.26 Å². The molecule has 0 aliphatic heterocycles. The van der Waals surface area contributed by atoms with E-state index in [9.17, 15) is 5.26 Å². The highest BCUT2D eigenvalue weighted by Gasteiger charge is 2.41. The number of rotatable bonds is 2. The van der Waals surface area contributed by atoms with Crippen LogP contribution >= 0.6 is 0 Å². The SMILES string of the molecule is C[Si](C)(C)O[C@]1(C#N)CCCc2ccccc21. The largest absolute Gasteiger partial charge is 0.396 e. The summed E-state index contributed by atoms with van der Waals surface area (Å²) >= 11 is 0. The Labute approximate surface area is 104 Å². The second-order valence-electron chi connectivity index (χ2n) is 5.66. The minimum Gasteiger partial charge on any atom is -0.396 e. The molecule has 0 unspecified atom stereocenters. The number of aryl methyl sites for hydroxylation is 1. The van der Waals surface area contributed by atoms with Crippen molar-refractivity contribution in [3.8, 4) is 6.07 Å². The summed E-state index contributed by atoms with van der Waals surface area (Å²) in [5.74, 6) is 0. The van der Waals surface area contributed by atoms with Gasteiger partial charge in [-0.15, -0.1) is 0 Å². The van der Waals surface area contributed by atoms with E-state index in [0.717, 1.165) is 24.8 Å². The lowest BCUT2D eigenvalue weighted by molar-refractivity contribution is 0.0984. The molecule has 1 aliphatic rings. The highest BCUT2D eigenvalue weighted by Crippen LogP contribution is 2.39. The molecule has 3 heteroatoms. The molecule has 0 radical (unpaired) electrons. The van der Waals surface area contributed by atoms with Crippen molar-refractivity contribution in [3.63, 3.8) is 0 Å². The molecule has 90 valence electrons. The number of nitriles is 1. The smallest absolute Gasteiger partial charge is 0.186 e. The molecule has 0 bridgehead atoms. The van der Waals surface area contributed by atoms with Crippen LogP contribution in [-0.4, -0.2) is 8.32 Å². The lowest BCUT2D eigenvalue weighted by atomic mass is 9.80. The Morgan fingerprint density at radius 2 is 2.00 bits per heavy atom. The molecule has 0 amide bonds. The van der Waals surface area contributed by atoms with E-state index in [4.69, 9.17) is 4.43 Å². The molecule has 0 saturated heterocycles. The van der Waals surface area contributed by atoms with Crippen LogP contribution in [0.3, 0.4) is 0 Å². The highest BCUT2D eigenvalue weighted by atomic mass is 28.4. The maximum Gasteiger partial charge on any atom is 0.186 e. The molecule has 0 saturated carbocycles. The van der Waals surface area contributed by atoms with Gasteiger partial charge in [0, 0.05) is 5.56 Å². The molecule has 1 aliphatic carbocycles. The zero-order valence-corrected chi connectivity index (χ0v) is 11.8. The monoisotopic (exact) mass is 245 g/mol. The van der Waals surface area contributed by atoms with E-state index in [1.54, 1.807) is 0 Å². The van der Waals surface area contributed by atoms with Crippen molar-refractivity contribution in [3.05, 3.63) is 35.4 Å². The average molecular weight is 245 g/mol. The van der Waals surface area contributed by atoms with E-state index in [1.807, 2.05) is 12.1 Å². The van der Waals surface area contributed by atoms with Crippen LogP contribution in [0.2, 0.25) is 19.6 Å². The van der Waals surface area contributed by atoms with E-state index >= 15 is 0 Å². The Morgan fingerprint density at radius 1 is 1.29 bits per heavy atom. The molecular weight excluding hydrogens is 226 g/mol. The maximum atomic E-state index is 9.60. The van der Waals surface area contributed by atoms with Crippen LogP contribution in [0.25, 0.3) is 0 Å². The van der Waals surface area contributed by atoms with Gasteiger partial charge in [0.1, 0.15) is 6.07 Å². The van der Waals surface area contributed by atoms with Gasteiger partial charge in [-0.1, -0.05) is 24.3 Å². The van der Waals surface area contributed by atoms with Gasteiger partial charge in [-0.25, -0.2) is 0 Å². The number of fused-ring (bicyclic) bond motifs is 1. The summed E-state index contributed by atoms with van der Waals surface area (Å²) in [5, 5.41) is 9.60. The maximum absolute atomic E-state index is 9.60. The first-order chi connectivity index (χ1) is 7.97. The topological polar surface area (TPSA) is 33.0 Å². The van der Waals surface area contributed by atoms with Crippen molar-refractivity contribution in [2.24, 2.45) is 0 Å². The standard InChI is InChI=1S/C14H19NOSi/c1-17(2,3)16-14(11-15)10-6-8-12-7-4-5-9-13(12)14/h4-5,7,9H,6,8,10H2,1-3H3/t14-/m0/s1. The molecule has 0 aromatic heterocycles. The summed E-state index contributed by atoms with van der Waals surface area (Å²) in [5.41, 5.74) is 1.67. The Bertz CT molecular complexity index is 458. The van der Waals surface area contributed by atoms with Crippen LogP contribution in [0.5, 0.6) is 0 Å². The van der Waals surface area contributed by atoms with Crippen molar-refractivity contribution in [2.75, 3.05) is 0 Å². The predicted molar refractivity (Wildman–Crippen MR) is 71.1 cm³/mol. The molecule has 1 aromatic rings. The van der Waals surface area contributed by atoms with E-state index < -0.39 is 13.9 Å². The molecule has 0 spiro atoms. The Kier molecular flexibility index (Phi) is 3.11. The second kappa shape index (κ2) is 4.28. The van der Waals surface area contributed by atoms with Crippen LogP contribution in [0.4, 0.5) is 0 Å². The Morgan fingerprint density at radius 3 is 2.65 bits per heavy atom. The van der Waals surface area contributed by atoms with Gasteiger partial charge in [0.05, 0.1) is 0 Å². The van der Waals surface area contributed by atoms with E-state index in [0.29, 0.717) is 0 Å². The fraction of sp³-hybridized carbons (Fsp3) is 0.500. The third-order valence-corrected chi connectivity index (χ3v) is 4.05. The quantitative estimate of drug-likeness (QED) is 0.746. The third-order valence-electron chi connectivity index (χ3n) is 3.09. The first-order valence-electron chi connectivity index (χ1n) is 6.17. The summed E-state index contributed by atoms with van der Waals surface area (Å²) in [7, 11) is -1.73. The summed E-state index contributed by atoms with van der Waals surface area (Å²) < 4.78 is 6.22. The van der Waals surface area contributed by atoms with Crippen molar-refractivity contribution in [1.29, 1.82) is 5.26 Å². The number of benzene rings is 1. The third kappa shape index (κ3) is 2.43. The van der Waals surface area contributed by atoms with Crippen LogP contribution < -0.4 is 0 Å². The van der Waals surface area contributed by atoms with Gasteiger partial charge in [-0.05, 0) is 44.5 Å². The average Bonchev–Trinajstić information content (AvgIpc) is 2.27. The molecule has 1 atom stereocenters. The normalized spacial score (nSPS) is 23.9. The van der Waals surface area contributed by atoms with Crippen LogP contribution in [0.15, 0.2) is 24.3 Å². The van der Waals surface area contributed by atoms with Crippen LogP contribution in [0, 0.1) is 11.3 Å². The van der Waals surface area contributed by atoms with Crippen molar-refractivity contribution < 1.29 is 4.43 Å². The predicted octanol–water partition coefficient (Wildman–Crippen LogP) is 3.59. The number of hydrogen-bond acceptors (Lipinski definition) is 2. The lowest BCUT2D eigenvalue weighted by Crippen LogP contribution is -2.41. The van der Waals surface area contributed by atoms with Crippen LogP contribution in [-0.2, 0) is 16.4 Å². The highest BCUT2D eigenvalue weighted by molar-refractivity contribution is 6.69. The van der Waals surface area contributed by atoms with E-state index in [2.05, 4.69) is 37.8 Å². The van der Waals surface area contributed by atoms with E-state index in [1.165, 1.54) is 5.56 Å².